The molecular weight excluding hydrogens is 235 g/mol. The van der Waals surface area contributed by atoms with Crippen molar-refractivity contribution in [3.63, 3.8) is 0 Å². The molecule has 0 spiro atoms. The minimum atomic E-state index is -3.16. The van der Waals surface area contributed by atoms with Gasteiger partial charge >= 0.3 is 13.8 Å². The molecule has 7 heteroatoms. The maximum absolute atomic E-state index is 11.6. The van der Waals surface area contributed by atoms with Crippen molar-refractivity contribution in [2.45, 2.75) is 38.6 Å². The summed E-state index contributed by atoms with van der Waals surface area (Å²) in [7, 11) is -1.87. The van der Waals surface area contributed by atoms with Crippen molar-refractivity contribution in [1.29, 1.82) is 0 Å². The molecule has 0 aromatic rings. The molecule has 0 aliphatic heterocycles. The van der Waals surface area contributed by atoms with Crippen molar-refractivity contribution in [3.05, 3.63) is 0 Å². The lowest BCUT2D eigenvalue weighted by Gasteiger charge is -2.20. The molecule has 0 heterocycles. The van der Waals surface area contributed by atoms with Crippen molar-refractivity contribution in [3.8, 4) is 0 Å². The number of rotatable bonds is 5. The summed E-state index contributed by atoms with van der Waals surface area (Å²) in [5.74, 6) is -1.12. The van der Waals surface area contributed by atoms with Crippen LogP contribution in [0, 0.1) is 0 Å². The summed E-state index contributed by atoms with van der Waals surface area (Å²) < 4.78 is 31.2. The van der Waals surface area contributed by atoms with Crippen molar-refractivity contribution in [2.24, 2.45) is 0 Å². The minimum absolute atomic E-state index is 0.265. The second kappa shape index (κ2) is 4.73. The van der Waals surface area contributed by atoms with Crippen LogP contribution in [-0.4, -0.2) is 31.8 Å². The zero-order valence-electron chi connectivity index (χ0n) is 9.89. The van der Waals surface area contributed by atoms with Crippen molar-refractivity contribution < 1.29 is 27.9 Å². The van der Waals surface area contributed by atoms with E-state index in [9.17, 15) is 9.36 Å². The van der Waals surface area contributed by atoms with Crippen LogP contribution in [0.3, 0.4) is 0 Å². The van der Waals surface area contributed by atoms with E-state index in [-0.39, 0.29) is 6.10 Å². The third-order valence-corrected chi connectivity index (χ3v) is 3.25. The van der Waals surface area contributed by atoms with Gasteiger partial charge in [-0.05, 0) is 13.8 Å². The number of carbonyl (C=O) groups excluding carboxylic acids is 1. The third-order valence-electron chi connectivity index (χ3n) is 1.92. The van der Waals surface area contributed by atoms with Crippen LogP contribution in [0.4, 0.5) is 4.79 Å². The highest BCUT2D eigenvalue weighted by atomic mass is 31.2. The van der Waals surface area contributed by atoms with Gasteiger partial charge in [-0.3, -0.25) is 9.09 Å². The molecule has 0 N–H and O–H groups in total. The fraction of sp³-hybridized carbons (Fsp3) is 0.889. The summed E-state index contributed by atoms with van der Waals surface area (Å²) in [5.41, 5.74) is 0. The van der Waals surface area contributed by atoms with Crippen LogP contribution in [-0.2, 0) is 23.1 Å². The summed E-state index contributed by atoms with van der Waals surface area (Å²) in [5, 5.41) is 0. The first-order chi connectivity index (χ1) is 7.29. The SMILES string of the molecule is COP(C)(=O)OC1(OC(=O)OC(C)C)CC1. The van der Waals surface area contributed by atoms with Crippen LogP contribution in [0.25, 0.3) is 0 Å². The summed E-state index contributed by atoms with van der Waals surface area (Å²) in [6.45, 7) is 4.74. The second-order valence-electron chi connectivity index (χ2n) is 3.97. The predicted octanol–water partition coefficient (Wildman–Crippen LogP) is 2.52. The van der Waals surface area contributed by atoms with Gasteiger partial charge in [0, 0.05) is 26.6 Å². The summed E-state index contributed by atoms with van der Waals surface area (Å²) in [6, 6.07) is 0. The molecule has 1 fully saturated rings. The maximum atomic E-state index is 11.6. The number of hydrogen-bond acceptors (Lipinski definition) is 6. The average molecular weight is 252 g/mol. The van der Waals surface area contributed by atoms with Crippen LogP contribution >= 0.6 is 7.60 Å². The molecule has 16 heavy (non-hydrogen) atoms. The molecule has 0 amide bonds. The van der Waals surface area contributed by atoms with Crippen LogP contribution in [0.15, 0.2) is 0 Å². The van der Waals surface area contributed by atoms with Crippen molar-refractivity contribution in [2.75, 3.05) is 13.8 Å². The van der Waals surface area contributed by atoms with Crippen LogP contribution < -0.4 is 0 Å². The third kappa shape index (κ3) is 4.12. The van der Waals surface area contributed by atoms with Gasteiger partial charge in [0.25, 0.3) is 0 Å². The lowest BCUT2D eigenvalue weighted by atomic mass is 10.5. The molecule has 0 bridgehead atoms. The van der Waals surface area contributed by atoms with Crippen LogP contribution in [0.5, 0.6) is 0 Å². The van der Waals surface area contributed by atoms with Gasteiger partial charge in [-0.15, -0.1) is 0 Å². The van der Waals surface area contributed by atoms with E-state index in [1.54, 1.807) is 13.8 Å². The molecule has 0 radical (unpaired) electrons. The highest BCUT2D eigenvalue weighted by Gasteiger charge is 2.53. The van der Waals surface area contributed by atoms with E-state index in [1.165, 1.54) is 13.8 Å². The number of ether oxygens (including phenoxy) is 2. The Bertz CT molecular complexity index is 309. The highest BCUT2D eigenvalue weighted by Crippen LogP contribution is 2.55. The molecule has 1 saturated carbocycles. The standard InChI is InChI=1S/C9H17O6P/c1-7(2)13-8(10)14-9(5-6-9)15-16(4,11)12-3/h7H,5-6H2,1-4H3. The van der Waals surface area contributed by atoms with E-state index in [0.717, 1.165) is 0 Å². The zero-order chi connectivity index (χ0) is 12.4. The van der Waals surface area contributed by atoms with Gasteiger partial charge in [0.05, 0.1) is 6.10 Å². The van der Waals surface area contributed by atoms with Gasteiger partial charge in [0.15, 0.2) is 0 Å². The number of hydrogen-bond donors (Lipinski definition) is 0. The van der Waals surface area contributed by atoms with Gasteiger partial charge in [-0.25, -0.2) is 4.79 Å². The lowest BCUT2D eigenvalue weighted by molar-refractivity contribution is -0.0944. The quantitative estimate of drug-likeness (QED) is 0.425. The maximum Gasteiger partial charge on any atom is 0.511 e. The Morgan fingerprint density at radius 3 is 2.31 bits per heavy atom. The first-order valence-electron chi connectivity index (χ1n) is 5.02. The summed E-state index contributed by atoms with van der Waals surface area (Å²) >= 11 is 0. The van der Waals surface area contributed by atoms with E-state index in [0.29, 0.717) is 12.8 Å². The van der Waals surface area contributed by atoms with Crippen molar-refractivity contribution >= 4 is 13.8 Å². The van der Waals surface area contributed by atoms with Gasteiger partial charge in [-0.1, -0.05) is 0 Å². The lowest BCUT2D eigenvalue weighted by Crippen LogP contribution is -2.24. The van der Waals surface area contributed by atoms with Gasteiger partial charge in [-0.2, -0.15) is 0 Å². The van der Waals surface area contributed by atoms with E-state index in [4.69, 9.17) is 14.0 Å². The number of carbonyl (C=O) groups is 1. The summed E-state index contributed by atoms with van der Waals surface area (Å²) in [6.07, 6.45) is -0.0780. The second-order valence-corrected chi connectivity index (χ2v) is 6.06. The zero-order valence-corrected chi connectivity index (χ0v) is 10.8. The Kier molecular flexibility index (Phi) is 3.99. The molecule has 0 aromatic heterocycles. The van der Waals surface area contributed by atoms with E-state index in [2.05, 4.69) is 4.52 Å². The van der Waals surface area contributed by atoms with Crippen LogP contribution in [0.2, 0.25) is 0 Å². The van der Waals surface area contributed by atoms with Crippen molar-refractivity contribution in [1.82, 2.24) is 0 Å². The molecule has 1 aliphatic carbocycles. The van der Waals surface area contributed by atoms with E-state index >= 15 is 0 Å². The van der Waals surface area contributed by atoms with Gasteiger partial charge in [0.2, 0.25) is 5.79 Å². The minimum Gasteiger partial charge on any atom is -0.432 e. The molecule has 6 nitrogen and oxygen atoms in total. The first kappa shape index (κ1) is 13.5. The Morgan fingerprint density at radius 2 is 1.94 bits per heavy atom. The summed E-state index contributed by atoms with van der Waals surface area (Å²) in [4.78, 5) is 11.2. The van der Waals surface area contributed by atoms with E-state index < -0.39 is 19.5 Å². The Morgan fingerprint density at radius 1 is 1.38 bits per heavy atom. The van der Waals surface area contributed by atoms with Gasteiger partial charge < -0.3 is 14.0 Å². The fourth-order valence-corrected chi connectivity index (χ4v) is 1.92. The monoisotopic (exact) mass is 252 g/mol. The average Bonchev–Trinajstić information content (AvgIpc) is 2.82. The fourth-order valence-electron chi connectivity index (χ4n) is 1.02. The highest BCUT2D eigenvalue weighted by molar-refractivity contribution is 7.53. The Balaban J connectivity index is 2.47. The Hall–Kier alpha value is -0.580. The first-order valence-corrected chi connectivity index (χ1v) is 7.01. The van der Waals surface area contributed by atoms with Crippen LogP contribution in [0.1, 0.15) is 26.7 Å². The largest absolute Gasteiger partial charge is 0.511 e. The normalized spacial score (nSPS) is 21.3. The Labute approximate surface area is 94.7 Å². The molecule has 0 saturated heterocycles. The molecule has 1 rings (SSSR count). The van der Waals surface area contributed by atoms with Gasteiger partial charge in [0.1, 0.15) is 0 Å². The topological polar surface area (TPSA) is 71.1 Å². The molecule has 1 unspecified atom stereocenters. The molecule has 1 atom stereocenters. The predicted molar refractivity (Wildman–Crippen MR) is 56.3 cm³/mol. The smallest absolute Gasteiger partial charge is 0.432 e. The molecule has 94 valence electrons. The molecule has 0 aromatic carbocycles. The molecule has 1 aliphatic rings. The molecular formula is C9H17O6P. The van der Waals surface area contributed by atoms with E-state index in [1.807, 2.05) is 0 Å².